The van der Waals surface area contributed by atoms with Crippen molar-refractivity contribution < 1.29 is 8.63 Å². The molecule has 0 aliphatic rings. The molecule has 96 valence electrons. The molecule has 18 heavy (non-hydrogen) atoms. The second kappa shape index (κ2) is 6.18. The van der Waals surface area contributed by atoms with Crippen LogP contribution in [-0.4, -0.2) is 4.21 Å². The van der Waals surface area contributed by atoms with Gasteiger partial charge in [0.15, 0.2) is 0 Å². The number of benzene rings is 1. The molecule has 5 heteroatoms. The Morgan fingerprint density at radius 3 is 2.33 bits per heavy atom. The third kappa shape index (κ3) is 3.70. The van der Waals surface area contributed by atoms with Crippen molar-refractivity contribution >= 4 is 22.4 Å². The second-order valence-corrected chi connectivity index (χ2v) is 5.82. The molecule has 0 spiro atoms. The van der Waals surface area contributed by atoms with Crippen molar-refractivity contribution in [1.82, 2.24) is 0 Å². The van der Waals surface area contributed by atoms with Crippen molar-refractivity contribution in [2.24, 2.45) is 5.73 Å². The zero-order valence-electron chi connectivity index (χ0n) is 9.77. The van der Waals surface area contributed by atoms with Gasteiger partial charge in [0, 0.05) is 21.6 Å². The average molecular weight is 284 g/mol. The highest BCUT2D eigenvalue weighted by atomic mass is 35.5. The van der Waals surface area contributed by atoms with E-state index in [0.29, 0.717) is 34.6 Å². The molecule has 0 bridgehead atoms. The Hall–Kier alpha value is -1.10. The Labute approximate surface area is 113 Å². The minimum absolute atomic E-state index is 0.365. The molecule has 3 nitrogen and oxygen atoms in total. The number of hydrogen-bond acceptors (Lipinski definition) is 3. The molecule has 0 aliphatic heterocycles. The van der Waals surface area contributed by atoms with Crippen molar-refractivity contribution in [1.29, 1.82) is 0 Å². The van der Waals surface area contributed by atoms with E-state index in [4.69, 9.17) is 21.8 Å². The fourth-order valence-electron chi connectivity index (χ4n) is 1.59. The van der Waals surface area contributed by atoms with Crippen molar-refractivity contribution in [2.45, 2.75) is 18.1 Å². The van der Waals surface area contributed by atoms with Gasteiger partial charge in [-0.2, -0.15) is 0 Å². The van der Waals surface area contributed by atoms with Gasteiger partial charge in [0.1, 0.15) is 11.5 Å². The van der Waals surface area contributed by atoms with E-state index in [-0.39, 0.29) is 0 Å². The van der Waals surface area contributed by atoms with Gasteiger partial charge < -0.3 is 10.2 Å². The van der Waals surface area contributed by atoms with Gasteiger partial charge in [-0.05, 0) is 29.8 Å². The molecule has 2 N–H and O–H groups in total. The highest BCUT2D eigenvalue weighted by molar-refractivity contribution is 7.83. The largest absolute Gasteiger partial charge is 0.464 e. The first-order chi connectivity index (χ1) is 8.67. The molecule has 1 aromatic heterocycles. The Morgan fingerprint density at radius 2 is 1.72 bits per heavy atom. The van der Waals surface area contributed by atoms with Gasteiger partial charge >= 0.3 is 0 Å². The summed E-state index contributed by atoms with van der Waals surface area (Å²) in [7, 11) is -0.995. The molecule has 0 fully saturated rings. The summed E-state index contributed by atoms with van der Waals surface area (Å²) in [5, 5.41) is 0.683. The third-order valence-corrected chi connectivity index (χ3v) is 3.98. The van der Waals surface area contributed by atoms with E-state index in [1.165, 1.54) is 0 Å². The van der Waals surface area contributed by atoms with Gasteiger partial charge in [0.05, 0.1) is 12.3 Å². The van der Waals surface area contributed by atoms with Crippen LogP contribution in [0.5, 0.6) is 0 Å². The maximum absolute atomic E-state index is 12.0. The van der Waals surface area contributed by atoms with Crippen LogP contribution in [0.1, 0.15) is 17.1 Å². The minimum atomic E-state index is -0.995. The first-order valence-electron chi connectivity index (χ1n) is 5.54. The highest BCUT2D eigenvalue weighted by Gasteiger charge is 2.07. The molecule has 0 radical (unpaired) electrons. The van der Waals surface area contributed by atoms with Crippen LogP contribution in [0.15, 0.2) is 40.8 Å². The van der Waals surface area contributed by atoms with E-state index in [9.17, 15) is 4.21 Å². The SMILES string of the molecule is NCc1ccc(CS(=O)Cc2ccc(Cl)cc2)o1. The average Bonchev–Trinajstić information content (AvgIpc) is 2.79. The molecular formula is C13H14ClNO2S. The first-order valence-corrected chi connectivity index (χ1v) is 7.41. The van der Waals surface area contributed by atoms with E-state index < -0.39 is 10.8 Å². The van der Waals surface area contributed by atoms with Crippen molar-refractivity contribution in [2.75, 3.05) is 0 Å². The molecule has 0 saturated carbocycles. The van der Waals surface area contributed by atoms with Crippen LogP contribution in [-0.2, 0) is 28.9 Å². The Bertz CT molecular complexity index is 536. The summed E-state index contributed by atoms with van der Waals surface area (Å²) in [6.07, 6.45) is 0. The second-order valence-electron chi connectivity index (χ2n) is 3.93. The fraction of sp³-hybridized carbons (Fsp3) is 0.231. The number of furan rings is 1. The smallest absolute Gasteiger partial charge is 0.117 e. The summed E-state index contributed by atoms with van der Waals surface area (Å²) in [6, 6.07) is 11.0. The summed E-state index contributed by atoms with van der Waals surface area (Å²) in [5.41, 5.74) is 6.45. The van der Waals surface area contributed by atoms with Crippen LogP contribution in [0, 0.1) is 0 Å². The quantitative estimate of drug-likeness (QED) is 0.918. The molecular weight excluding hydrogens is 270 g/mol. The van der Waals surface area contributed by atoms with Crippen LogP contribution >= 0.6 is 11.6 Å². The van der Waals surface area contributed by atoms with E-state index in [2.05, 4.69) is 0 Å². The van der Waals surface area contributed by atoms with Crippen molar-refractivity contribution in [3.05, 3.63) is 58.5 Å². The molecule has 1 unspecified atom stereocenters. The number of halogens is 1. The van der Waals surface area contributed by atoms with Gasteiger partial charge in [-0.1, -0.05) is 23.7 Å². The van der Waals surface area contributed by atoms with Gasteiger partial charge in [-0.25, -0.2) is 0 Å². The minimum Gasteiger partial charge on any atom is -0.464 e. The van der Waals surface area contributed by atoms with E-state index >= 15 is 0 Å². The van der Waals surface area contributed by atoms with Crippen LogP contribution in [0.4, 0.5) is 0 Å². The third-order valence-electron chi connectivity index (χ3n) is 2.46. The predicted octanol–water partition coefficient (Wildman–Crippen LogP) is 2.84. The van der Waals surface area contributed by atoms with Crippen LogP contribution in [0.2, 0.25) is 5.02 Å². The summed E-state index contributed by atoms with van der Waals surface area (Å²) >= 11 is 5.79. The van der Waals surface area contributed by atoms with Crippen molar-refractivity contribution in [3.8, 4) is 0 Å². The monoisotopic (exact) mass is 283 g/mol. The Balaban J connectivity index is 1.94. The van der Waals surface area contributed by atoms with Gasteiger partial charge in [0.2, 0.25) is 0 Å². The van der Waals surface area contributed by atoms with Crippen LogP contribution in [0.25, 0.3) is 0 Å². The molecule has 1 aromatic carbocycles. The summed E-state index contributed by atoms with van der Waals surface area (Å²) in [6.45, 7) is 0.365. The lowest BCUT2D eigenvalue weighted by Gasteiger charge is -2.01. The van der Waals surface area contributed by atoms with E-state index in [1.54, 1.807) is 12.1 Å². The number of rotatable bonds is 5. The molecule has 2 aromatic rings. The van der Waals surface area contributed by atoms with E-state index in [0.717, 1.165) is 5.56 Å². The zero-order chi connectivity index (χ0) is 13.0. The number of hydrogen-bond donors (Lipinski definition) is 1. The Kier molecular flexibility index (Phi) is 4.58. The van der Waals surface area contributed by atoms with Crippen LogP contribution in [0.3, 0.4) is 0 Å². The summed E-state index contributed by atoms with van der Waals surface area (Å²) in [5.74, 6) is 2.33. The first kappa shape index (κ1) is 13.3. The molecule has 2 rings (SSSR count). The molecule has 1 heterocycles. The van der Waals surface area contributed by atoms with Crippen LogP contribution < -0.4 is 5.73 Å². The molecule has 1 atom stereocenters. The Morgan fingerprint density at radius 1 is 1.06 bits per heavy atom. The summed E-state index contributed by atoms with van der Waals surface area (Å²) in [4.78, 5) is 0. The topological polar surface area (TPSA) is 56.2 Å². The number of nitrogens with two attached hydrogens (primary N) is 1. The standard InChI is InChI=1S/C13H14ClNO2S/c14-11-3-1-10(2-4-11)8-18(16)9-13-6-5-12(7-15)17-13/h1-6H,7-9,15H2. The molecule has 0 saturated heterocycles. The summed E-state index contributed by atoms with van der Waals surface area (Å²) < 4.78 is 17.4. The zero-order valence-corrected chi connectivity index (χ0v) is 11.3. The van der Waals surface area contributed by atoms with Gasteiger partial charge in [-0.3, -0.25) is 4.21 Å². The molecule has 0 amide bonds. The predicted molar refractivity (Wildman–Crippen MR) is 73.6 cm³/mol. The maximum Gasteiger partial charge on any atom is 0.117 e. The van der Waals surface area contributed by atoms with Crippen molar-refractivity contribution in [3.63, 3.8) is 0 Å². The lowest BCUT2D eigenvalue weighted by atomic mass is 10.2. The maximum atomic E-state index is 12.0. The van der Waals surface area contributed by atoms with Gasteiger partial charge in [0.25, 0.3) is 0 Å². The fourth-order valence-corrected chi connectivity index (χ4v) is 2.85. The van der Waals surface area contributed by atoms with Gasteiger partial charge in [-0.15, -0.1) is 0 Å². The van der Waals surface area contributed by atoms with E-state index in [1.807, 2.05) is 24.3 Å². The molecule has 0 aliphatic carbocycles. The highest BCUT2D eigenvalue weighted by Crippen LogP contribution is 2.14. The lowest BCUT2D eigenvalue weighted by Crippen LogP contribution is -1.98. The lowest BCUT2D eigenvalue weighted by molar-refractivity contribution is 0.481. The normalized spacial score (nSPS) is 12.6.